The number of nitrogens with zero attached hydrogens (tertiary/aromatic N) is 4. The maximum absolute atomic E-state index is 12.7. The monoisotopic (exact) mass is 320 g/mol. The number of likely N-dealkylation sites (tertiary alicyclic amines) is 1. The van der Waals surface area contributed by atoms with E-state index in [0.717, 1.165) is 41.1 Å². The van der Waals surface area contributed by atoms with Gasteiger partial charge in [-0.2, -0.15) is 0 Å². The Labute approximate surface area is 140 Å². The number of carbonyl (C=O) groups excluding carboxylic acids is 1. The van der Waals surface area contributed by atoms with E-state index in [9.17, 15) is 4.79 Å². The minimum atomic E-state index is 0.109. The van der Waals surface area contributed by atoms with Gasteiger partial charge in [0, 0.05) is 37.8 Å². The number of aromatic nitrogens is 3. The van der Waals surface area contributed by atoms with E-state index in [4.69, 9.17) is 4.98 Å². The first kappa shape index (κ1) is 14.9. The van der Waals surface area contributed by atoms with Crippen molar-refractivity contribution in [3.05, 3.63) is 59.5 Å². The number of aryl methyl sites for hydroxylation is 2. The molecule has 1 aliphatic rings. The Kier molecular flexibility index (Phi) is 3.56. The lowest BCUT2D eigenvalue weighted by Gasteiger charge is -2.17. The molecular formula is C19H20N4O. The largest absolute Gasteiger partial charge is 0.338 e. The topological polar surface area (TPSA) is 51.0 Å². The number of hydrogen-bond acceptors (Lipinski definition) is 3. The van der Waals surface area contributed by atoms with Gasteiger partial charge in [-0.05, 0) is 37.6 Å². The Balaban J connectivity index is 1.57. The van der Waals surface area contributed by atoms with Crippen LogP contribution in [-0.2, 0) is 7.05 Å². The van der Waals surface area contributed by atoms with Crippen LogP contribution in [0.5, 0.6) is 0 Å². The van der Waals surface area contributed by atoms with E-state index in [2.05, 4.69) is 9.55 Å². The van der Waals surface area contributed by atoms with Gasteiger partial charge in [-0.15, -0.1) is 0 Å². The van der Waals surface area contributed by atoms with Gasteiger partial charge in [-0.1, -0.05) is 17.7 Å². The molecule has 1 amide bonds. The molecule has 0 bridgehead atoms. The molecule has 3 aromatic rings. The minimum absolute atomic E-state index is 0.109. The van der Waals surface area contributed by atoms with Crippen molar-refractivity contribution >= 4 is 17.1 Å². The molecule has 1 atom stereocenters. The fourth-order valence-corrected chi connectivity index (χ4v) is 3.52. The number of amides is 1. The van der Waals surface area contributed by atoms with Crippen LogP contribution in [0, 0.1) is 6.92 Å². The van der Waals surface area contributed by atoms with Crippen molar-refractivity contribution in [2.24, 2.45) is 7.05 Å². The Morgan fingerprint density at radius 3 is 2.92 bits per heavy atom. The molecule has 0 spiro atoms. The van der Waals surface area contributed by atoms with Crippen LogP contribution in [-0.4, -0.2) is 38.4 Å². The molecular weight excluding hydrogens is 300 g/mol. The van der Waals surface area contributed by atoms with Gasteiger partial charge >= 0.3 is 0 Å². The highest BCUT2D eigenvalue weighted by atomic mass is 16.2. The average Bonchev–Trinajstić information content (AvgIpc) is 3.20. The van der Waals surface area contributed by atoms with Gasteiger partial charge in [0.05, 0.1) is 0 Å². The molecule has 2 aromatic heterocycles. The van der Waals surface area contributed by atoms with Crippen LogP contribution in [0.15, 0.2) is 42.6 Å². The van der Waals surface area contributed by atoms with Gasteiger partial charge in [-0.3, -0.25) is 4.79 Å². The van der Waals surface area contributed by atoms with E-state index < -0.39 is 0 Å². The van der Waals surface area contributed by atoms with Crippen LogP contribution in [0.2, 0.25) is 0 Å². The Hall–Kier alpha value is -2.69. The van der Waals surface area contributed by atoms with E-state index >= 15 is 0 Å². The number of pyridine rings is 1. The second kappa shape index (κ2) is 5.74. The number of carbonyl (C=O) groups is 1. The second-order valence-electron chi connectivity index (χ2n) is 6.48. The normalized spacial score (nSPS) is 17.6. The van der Waals surface area contributed by atoms with Crippen LogP contribution in [0.3, 0.4) is 0 Å². The molecule has 4 rings (SSSR count). The summed E-state index contributed by atoms with van der Waals surface area (Å²) in [5, 5.41) is 0. The highest BCUT2D eigenvalue weighted by Gasteiger charge is 2.31. The fourth-order valence-electron chi connectivity index (χ4n) is 3.52. The number of hydrogen-bond donors (Lipinski definition) is 0. The summed E-state index contributed by atoms with van der Waals surface area (Å²) in [6.07, 6.45) is 2.73. The molecule has 0 radical (unpaired) electrons. The third-order valence-electron chi connectivity index (χ3n) is 4.77. The first-order chi connectivity index (χ1) is 11.6. The lowest BCUT2D eigenvalue weighted by atomic mass is 10.1. The van der Waals surface area contributed by atoms with Gasteiger partial charge in [0.25, 0.3) is 5.91 Å². The summed E-state index contributed by atoms with van der Waals surface area (Å²) in [6.45, 7) is 3.49. The Morgan fingerprint density at radius 1 is 1.25 bits per heavy atom. The highest BCUT2D eigenvalue weighted by Crippen LogP contribution is 2.29. The van der Waals surface area contributed by atoms with E-state index in [0.29, 0.717) is 6.54 Å². The van der Waals surface area contributed by atoms with Crippen LogP contribution < -0.4 is 0 Å². The summed E-state index contributed by atoms with van der Waals surface area (Å²) in [7, 11) is 2.00. The van der Waals surface area contributed by atoms with Crippen molar-refractivity contribution in [3.8, 4) is 0 Å². The average molecular weight is 320 g/mol. The third-order valence-corrected chi connectivity index (χ3v) is 4.77. The first-order valence-electron chi connectivity index (χ1n) is 8.27. The minimum Gasteiger partial charge on any atom is -0.338 e. The van der Waals surface area contributed by atoms with Gasteiger partial charge in [0.1, 0.15) is 11.3 Å². The van der Waals surface area contributed by atoms with Crippen molar-refractivity contribution in [3.63, 3.8) is 0 Å². The first-order valence-corrected chi connectivity index (χ1v) is 8.27. The van der Waals surface area contributed by atoms with Crippen molar-refractivity contribution < 1.29 is 4.79 Å². The van der Waals surface area contributed by atoms with Gasteiger partial charge in [0.15, 0.2) is 5.65 Å². The molecule has 0 saturated carbocycles. The smallest absolute Gasteiger partial charge is 0.253 e. The van der Waals surface area contributed by atoms with Gasteiger partial charge in [0.2, 0.25) is 0 Å². The predicted molar refractivity (Wildman–Crippen MR) is 92.9 cm³/mol. The van der Waals surface area contributed by atoms with Gasteiger partial charge < -0.3 is 9.47 Å². The van der Waals surface area contributed by atoms with Crippen LogP contribution >= 0.6 is 0 Å². The summed E-state index contributed by atoms with van der Waals surface area (Å²) in [5.74, 6) is 1.39. The Morgan fingerprint density at radius 2 is 2.12 bits per heavy atom. The quantitative estimate of drug-likeness (QED) is 0.729. The lowest BCUT2D eigenvalue weighted by molar-refractivity contribution is 0.0790. The van der Waals surface area contributed by atoms with Gasteiger partial charge in [-0.25, -0.2) is 9.97 Å². The molecule has 5 heteroatoms. The molecule has 3 heterocycles. The predicted octanol–water partition coefficient (Wildman–Crippen LogP) is 2.91. The Bertz CT molecular complexity index is 915. The summed E-state index contributed by atoms with van der Waals surface area (Å²) < 4.78 is 2.06. The molecule has 122 valence electrons. The summed E-state index contributed by atoms with van der Waals surface area (Å²) in [5.41, 5.74) is 3.69. The van der Waals surface area contributed by atoms with Crippen LogP contribution in [0.25, 0.3) is 11.2 Å². The standard InChI is InChI=1S/C19H20N4O/c1-13-5-3-6-14(11-13)19(24)23-10-8-15(12-23)17-21-16-7-4-9-20-18(16)22(17)2/h3-7,9,11,15H,8,10,12H2,1-2H3/t15-/m1/s1. The number of imidazole rings is 1. The lowest BCUT2D eigenvalue weighted by Crippen LogP contribution is -2.28. The van der Waals surface area contributed by atoms with Crippen molar-refractivity contribution in [2.45, 2.75) is 19.3 Å². The number of benzene rings is 1. The SMILES string of the molecule is Cc1cccc(C(=O)N2CC[C@@H](c3nc4cccnc4n3C)C2)c1. The highest BCUT2D eigenvalue weighted by molar-refractivity contribution is 5.94. The zero-order valence-corrected chi connectivity index (χ0v) is 13.9. The number of rotatable bonds is 2. The van der Waals surface area contributed by atoms with E-state index in [1.807, 2.05) is 55.3 Å². The molecule has 0 aliphatic carbocycles. The zero-order valence-electron chi connectivity index (χ0n) is 13.9. The van der Waals surface area contributed by atoms with Crippen molar-refractivity contribution in [1.29, 1.82) is 0 Å². The van der Waals surface area contributed by atoms with Crippen molar-refractivity contribution in [1.82, 2.24) is 19.4 Å². The van der Waals surface area contributed by atoms with Crippen molar-refractivity contribution in [2.75, 3.05) is 13.1 Å². The van der Waals surface area contributed by atoms with E-state index in [-0.39, 0.29) is 11.8 Å². The third kappa shape index (κ3) is 2.46. The second-order valence-corrected chi connectivity index (χ2v) is 6.48. The van der Waals surface area contributed by atoms with Crippen LogP contribution in [0.4, 0.5) is 0 Å². The van der Waals surface area contributed by atoms with E-state index in [1.54, 1.807) is 6.20 Å². The fraction of sp³-hybridized carbons (Fsp3) is 0.316. The van der Waals surface area contributed by atoms with E-state index in [1.165, 1.54) is 0 Å². The molecule has 1 aromatic carbocycles. The maximum Gasteiger partial charge on any atom is 0.253 e. The molecule has 1 aliphatic heterocycles. The molecule has 5 nitrogen and oxygen atoms in total. The maximum atomic E-state index is 12.7. The summed E-state index contributed by atoms with van der Waals surface area (Å²) in [6, 6.07) is 11.7. The summed E-state index contributed by atoms with van der Waals surface area (Å²) >= 11 is 0. The molecule has 0 unspecified atom stereocenters. The molecule has 1 saturated heterocycles. The molecule has 0 N–H and O–H groups in total. The number of fused-ring (bicyclic) bond motifs is 1. The van der Waals surface area contributed by atoms with Crippen LogP contribution in [0.1, 0.15) is 34.1 Å². The zero-order chi connectivity index (χ0) is 16.7. The summed E-state index contributed by atoms with van der Waals surface area (Å²) in [4.78, 5) is 23.8. The molecule has 24 heavy (non-hydrogen) atoms. The molecule has 1 fully saturated rings.